The second-order valence-electron chi connectivity index (χ2n) is 3.97. The van der Waals surface area contributed by atoms with Gasteiger partial charge in [0.15, 0.2) is 0 Å². The Labute approximate surface area is 121 Å². The molecule has 20 heavy (non-hydrogen) atoms. The lowest BCUT2D eigenvalue weighted by Crippen LogP contribution is -2.05. The van der Waals surface area contributed by atoms with E-state index in [4.69, 9.17) is 10.8 Å². The fourth-order valence-corrected chi connectivity index (χ4v) is 1.93. The first kappa shape index (κ1) is 14.3. The lowest BCUT2D eigenvalue weighted by molar-refractivity contribution is 0.0692. The van der Waals surface area contributed by atoms with E-state index in [2.05, 4.69) is 21.2 Å². The highest BCUT2D eigenvalue weighted by Crippen LogP contribution is 2.28. The molecular formula is C13H9BrF2N2O2. The van der Waals surface area contributed by atoms with Crippen molar-refractivity contribution in [2.75, 3.05) is 11.1 Å². The summed E-state index contributed by atoms with van der Waals surface area (Å²) < 4.78 is 27.8. The maximum absolute atomic E-state index is 13.7. The molecule has 0 bridgehead atoms. The van der Waals surface area contributed by atoms with Crippen molar-refractivity contribution in [3.05, 3.63) is 52.0 Å². The molecule has 2 aromatic carbocycles. The SMILES string of the molecule is Nc1cc(C(=O)O)c(F)cc1Nc1ccc(Br)cc1F. The fourth-order valence-electron chi connectivity index (χ4n) is 1.60. The van der Waals surface area contributed by atoms with E-state index in [9.17, 15) is 13.6 Å². The van der Waals surface area contributed by atoms with Crippen LogP contribution in [0.4, 0.5) is 25.8 Å². The van der Waals surface area contributed by atoms with Crippen molar-refractivity contribution in [3.8, 4) is 0 Å². The van der Waals surface area contributed by atoms with Gasteiger partial charge in [0.25, 0.3) is 0 Å². The monoisotopic (exact) mass is 342 g/mol. The fraction of sp³-hybridized carbons (Fsp3) is 0. The lowest BCUT2D eigenvalue weighted by atomic mass is 10.1. The van der Waals surface area contributed by atoms with E-state index in [0.29, 0.717) is 4.47 Å². The molecule has 2 rings (SSSR count). The molecule has 0 saturated carbocycles. The summed E-state index contributed by atoms with van der Waals surface area (Å²) in [7, 11) is 0. The Balaban J connectivity index is 2.39. The Bertz CT molecular complexity index is 692. The molecule has 0 heterocycles. The number of carboxylic acid groups (broad SMARTS) is 1. The number of anilines is 3. The lowest BCUT2D eigenvalue weighted by Gasteiger charge is -2.11. The Morgan fingerprint density at radius 2 is 1.85 bits per heavy atom. The molecule has 7 heteroatoms. The number of carboxylic acids is 1. The van der Waals surface area contributed by atoms with Gasteiger partial charge in [-0.15, -0.1) is 0 Å². The van der Waals surface area contributed by atoms with Crippen LogP contribution in [0.5, 0.6) is 0 Å². The summed E-state index contributed by atoms with van der Waals surface area (Å²) in [5.74, 6) is -2.93. The minimum atomic E-state index is -1.42. The summed E-state index contributed by atoms with van der Waals surface area (Å²) >= 11 is 3.12. The normalized spacial score (nSPS) is 10.3. The van der Waals surface area contributed by atoms with Crippen LogP contribution in [0.2, 0.25) is 0 Å². The standard InChI is InChI=1S/C13H9BrF2N2O2/c14-6-1-2-11(9(16)3-6)18-12-5-8(15)7(13(19)20)4-10(12)17/h1-5,18H,17H2,(H,19,20). The molecular weight excluding hydrogens is 334 g/mol. The third-order valence-electron chi connectivity index (χ3n) is 2.57. The molecule has 0 aliphatic heterocycles. The number of nitrogens with two attached hydrogens (primary N) is 1. The van der Waals surface area contributed by atoms with Gasteiger partial charge in [0.2, 0.25) is 0 Å². The number of halogens is 3. The molecule has 0 saturated heterocycles. The molecule has 0 aliphatic carbocycles. The van der Waals surface area contributed by atoms with Gasteiger partial charge in [-0.25, -0.2) is 13.6 Å². The first-order chi connectivity index (χ1) is 9.38. The molecule has 4 N–H and O–H groups in total. The van der Waals surface area contributed by atoms with Crippen molar-refractivity contribution < 1.29 is 18.7 Å². The van der Waals surface area contributed by atoms with Gasteiger partial charge in [-0.1, -0.05) is 15.9 Å². The Morgan fingerprint density at radius 3 is 2.45 bits per heavy atom. The number of nitrogen functional groups attached to an aromatic ring is 1. The largest absolute Gasteiger partial charge is 0.478 e. The average molecular weight is 343 g/mol. The van der Waals surface area contributed by atoms with Crippen LogP contribution in [0, 0.1) is 11.6 Å². The minimum Gasteiger partial charge on any atom is -0.478 e. The smallest absolute Gasteiger partial charge is 0.338 e. The first-order valence-electron chi connectivity index (χ1n) is 5.43. The summed E-state index contributed by atoms with van der Waals surface area (Å²) in [5, 5.41) is 11.4. The average Bonchev–Trinajstić information content (AvgIpc) is 2.36. The Kier molecular flexibility index (Phi) is 3.89. The number of hydrogen-bond acceptors (Lipinski definition) is 3. The van der Waals surface area contributed by atoms with Crippen LogP contribution in [0.15, 0.2) is 34.8 Å². The zero-order valence-electron chi connectivity index (χ0n) is 9.95. The van der Waals surface area contributed by atoms with Crippen LogP contribution < -0.4 is 11.1 Å². The molecule has 0 aromatic heterocycles. The summed E-state index contributed by atoms with van der Waals surface area (Å²) in [4.78, 5) is 10.8. The number of hydrogen-bond donors (Lipinski definition) is 3. The molecule has 0 atom stereocenters. The van der Waals surface area contributed by atoms with Gasteiger partial charge < -0.3 is 16.2 Å². The Morgan fingerprint density at radius 1 is 1.15 bits per heavy atom. The summed E-state index contributed by atoms with van der Waals surface area (Å²) in [6.07, 6.45) is 0. The summed E-state index contributed by atoms with van der Waals surface area (Å²) in [6.45, 7) is 0. The van der Waals surface area contributed by atoms with Gasteiger partial charge >= 0.3 is 5.97 Å². The van der Waals surface area contributed by atoms with Gasteiger partial charge in [-0.3, -0.25) is 0 Å². The molecule has 0 aliphatic rings. The van der Waals surface area contributed by atoms with Crippen LogP contribution in [0.25, 0.3) is 0 Å². The van der Waals surface area contributed by atoms with Crippen LogP contribution in [0.1, 0.15) is 10.4 Å². The van der Waals surface area contributed by atoms with Crippen LogP contribution in [-0.4, -0.2) is 11.1 Å². The van der Waals surface area contributed by atoms with E-state index < -0.39 is 23.2 Å². The topological polar surface area (TPSA) is 75.4 Å². The second kappa shape index (κ2) is 5.46. The van der Waals surface area contributed by atoms with Crippen molar-refractivity contribution >= 4 is 39.0 Å². The predicted molar refractivity (Wildman–Crippen MR) is 75.2 cm³/mol. The highest BCUT2D eigenvalue weighted by atomic mass is 79.9. The zero-order chi connectivity index (χ0) is 14.9. The highest BCUT2D eigenvalue weighted by Gasteiger charge is 2.14. The molecule has 0 unspecified atom stereocenters. The third-order valence-corrected chi connectivity index (χ3v) is 3.06. The van der Waals surface area contributed by atoms with Crippen LogP contribution in [0.3, 0.4) is 0 Å². The van der Waals surface area contributed by atoms with Gasteiger partial charge in [0.05, 0.1) is 22.6 Å². The zero-order valence-corrected chi connectivity index (χ0v) is 11.5. The number of rotatable bonds is 3. The van der Waals surface area contributed by atoms with Crippen molar-refractivity contribution in [2.24, 2.45) is 0 Å². The van der Waals surface area contributed by atoms with Crippen molar-refractivity contribution in [1.29, 1.82) is 0 Å². The number of benzene rings is 2. The number of aromatic carboxylic acids is 1. The van der Waals surface area contributed by atoms with E-state index >= 15 is 0 Å². The van der Waals surface area contributed by atoms with E-state index in [0.717, 1.165) is 12.1 Å². The van der Waals surface area contributed by atoms with E-state index in [1.165, 1.54) is 12.1 Å². The first-order valence-corrected chi connectivity index (χ1v) is 6.22. The van der Waals surface area contributed by atoms with Crippen molar-refractivity contribution in [3.63, 3.8) is 0 Å². The minimum absolute atomic E-state index is 0.00567. The van der Waals surface area contributed by atoms with Gasteiger partial charge in [-0.05, 0) is 24.3 Å². The van der Waals surface area contributed by atoms with Crippen LogP contribution in [-0.2, 0) is 0 Å². The van der Waals surface area contributed by atoms with Gasteiger partial charge in [0, 0.05) is 10.5 Å². The molecule has 104 valence electrons. The van der Waals surface area contributed by atoms with E-state index in [1.807, 2.05) is 0 Å². The maximum Gasteiger partial charge on any atom is 0.338 e. The van der Waals surface area contributed by atoms with E-state index in [-0.39, 0.29) is 17.1 Å². The maximum atomic E-state index is 13.7. The summed E-state index contributed by atoms with van der Waals surface area (Å²) in [6, 6.07) is 6.18. The van der Waals surface area contributed by atoms with Gasteiger partial charge in [-0.2, -0.15) is 0 Å². The highest BCUT2D eigenvalue weighted by molar-refractivity contribution is 9.10. The molecule has 0 radical (unpaired) electrons. The molecule has 0 amide bonds. The molecule has 0 fully saturated rings. The third kappa shape index (κ3) is 2.88. The molecule has 4 nitrogen and oxygen atoms in total. The quantitative estimate of drug-likeness (QED) is 0.742. The van der Waals surface area contributed by atoms with E-state index in [1.54, 1.807) is 6.07 Å². The van der Waals surface area contributed by atoms with Crippen LogP contribution >= 0.6 is 15.9 Å². The van der Waals surface area contributed by atoms with Crippen molar-refractivity contribution in [1.82, 2.24) is 0 Å². The second-order valence-corrected chi connectivity index (χ2v) is 4.89. The van der Waals surface area contributed by atoms with Crippen molar-refractivity contribution in [2.45, 2.75) is 0 Å². The Hall–Kier alpha value is -2.15. The molecule has 2 aromatic rings. The number of nitrogens with one attached hydrogen (secondary N) is 1. The summed E-state index contributed by atoms with van der Waals surface area (Å²) in [5.41, 5.74) is 5.29. The predicted octanol–water partition coefficient (Wildman–Crippen LogP) is 3.75. The van der Waals surface area contributed by atoms with Gasteiger partial charge in [0.1, 0.15) is 11.6 Å². The molecule has 0 spiro atoms. The number of carbonyl (C=O) groups is 1.